The van der Waals surface area contributed by atoms with Gasteiger partial charge >= 0.3 is 0 Å². The molecule has 0 rings (SSSR count). The minimum absolute atomic E-state index is 0.357. The summed E-state index contributed by atoms with van der Waals surface area (Å²) in [6.45, 7) is 9.10. The third-order valence-electron chi connectivity index (χ3n) is 6.43. The van der Waals surface area contributed by atoms with Crippen LogP contribution in [0.2, 0.25) is 0 Å². The summed E-state index contributed by atoms with van der Waals surface area (Å²) in [7, 11) is 0. The van der Waals surface area contributed by atoms with Crippen LogP contribution >= 0.6 is 0 Å². The van der Waals surface area contributed by atoms with Gasteiger partial charge in [0.1, 0.15) is 5.78 Å². The number of hydrogen-bond acceptors (Lipinski definition) is 1. The smallest absolute Gasteiger partial charge is 0.139 e. The van der Waals surface area contributed by atoms with Crippen LogP contribution in [0.25, 0.3) is 0 Å². The molecule has 0 atom stereocenters. The second-order valence-corrected chi connectivity index (χ2v) is 9.19. The van der Waals surface area contributed by atoms with Crippen molar-refractivity contribution in [2.45, 2.75) is 156 Å². The Balaban J connectivity index is 4.72. The first-order valence-electron chi connectivity index (χ1n) is 13.2. The van der Waals surface area contributed by atoms with E-state index in [0.29, 0.717) is 17.6 Å². The van der Waals surface area contributed by atoms with Crippen LogP contribution in [-0.2, 0) is 4.79 Å². The summed E-state index contributed by atoms with van der Waals surface area (Å²) in [5, 5.41) is 0. The highest BCUT2D eigenvalue weighted by Gasteiger charge is 2.25. The summed E-state index contributed by atoms with van der Waals surface area (Å²) in [5.41, 5.74) is 0. The molecule has 0 heterocycles. The van der Waals surface area contributed by atoms with E-state index in [1.807, 2.05) is 0 Å². The molecule has 0 aromatic heterocycles. The number of hydrogen-bond donors (Lipinski definition) is 0. The third-order valence-corrected chi connectivity index (χ3v) is 6.43. The molecule has 1 nitrogen and oxygen atoms in total. The molecule has 0 unspecified atom stereocenters. The molecule has 0 saturated carbocycles. The lowest BCUT2D eigenvalue weighted by Gasteiger charge is -2.23. The molecule has 168 valence electrons. The summed E-state index contributed by atoms with van der Waals surface area (Å²) in [4.78, 5) is 13.5. The van der Waals surface area contributed by atoms with Crippen LogP contribution in [0.1, 0.15) is 156 Å². The van der Waals surface area contributed by atoms with Gasteiger partial charge in [-0.05, 0) is 25.7 Å². The van der Waals surface area contributed by atoms with Gasteiger partial charge in [0.25, 0.3) is 0 Å². The molecule has 0 aliphatic carbocycles. The Hall–Kier alpha value is -0.330. The van der Waals surface area contributed by atoms with Gasteiger partial charge in [-0.25, -0.2) is 0 Å². The van der Waals surface area contributed by atoms with Crippen LogP contribution in [0.3, 0.4) is 0 Å². The highest BCUT2D eigenvalue weighted by molar-refractivity contribution is 5.83. The van der Waals surface area contributed by atoms with Crippen LogP contribution in [0, 0.1) is 11.8 Å². The molecule has 0 bridgehead atoms. The van der Waals surface area contributed by atoms with Crippen LogP contribution in [0.5, 0.6) is 0 Å². The average Bonchev–Trinajstić information content (AvgIpc) is 2.71. The molecule has 0 saturated heterocycles. The van der Waals surface area contributed by atoms with Crippen molar-refractivity contribution in [3.8, 4) is 0 Å². The molecule has 0 radical (unpaired) electrons. The van der Waals surface area contributed by atoms with Crippen molar-refractivity contribution >= 4 is 5.78 Å². The van der Waals surface area contributed by atoms with Crippen molar-refractivity contribution in [1.82, 2.24) is 0 Å². The van der Waals surface area contributed by atoms with E-state index in [4.69, 9.17) is 0 Å². The van der Waals surface area contributed by atoms with Gasteiger partial charge in [0.2, 0.25) is 0 Å². The second-order valence-electron chi connectivity index (χ2n) is 9.19. The standard InChI is InChI=1S/C27H54O/c1-5-9-13-17-21-25(22-18-14-10-6-2)27(28)26(23-19-15-11-7-3)24-20-16-12-8-4/h25-26H,5-24H2,1-4H3. The normalized spacial score (nSPS) is 11.6. The fourth-order valence-electron chi connectivity index (χ4n) is 4.46. The fraction of sp³-hybridized carbons (Fsp3) is 0.963. The maximum atomic E-state index is 13.5. The SMILES string of the molecule is CCCCCCC(CCCCCC)C(=O)C(CCCCCC)CCCCCC. The Labute approximate surface area is 178 Å². The zero-order valence-corrected chi connectivity index (χ0v) is 20.2. The van der Waals surface area contributed by atoms with E-state index in [1.54, 1.807) is 0 Å². The summed E-state index contributed by atoms with van der Waals surface area (Å²) in [5.74, 6) is 1.37. The molecular formula is C27H54O. The quantitative estimate of drug-likeness (QED) is 0.167. The van der Waals surface area contributed by atoms with Gasteiger partial charge in [-0.3, -0.25) is 4.79 Å². The number of rotatable bonds is 22. The number of Topliss-reactive ketones (excluding diaryl/α,β-unsaturated/α-hetero) is 1. The topological polar surface area (TPSA) is 17.1 Å². The molecular weight excluding hydrogens is 340 g/mol. The molecule has 0 aromatic carbocycles. The summed E-state index contributed by atoms with van der Waals surface area (Å²) in [6.07, 6.45) is 25.4. The molecule has 1 heteroatoms. The molecule has 0 amide bonds. The number of carbonyl (C=O) groups is 1. The lowest BCUT2D eigenvalue weighted by atomic mass is 9.80. The van der Waals surface area contributed by atoms with E-state index >= 15 is 0 Å². The Morgan fingerprint density at radius 3 is 0.893 bits per heavy atom. The number of unbranched alkanes of at least 4 members (excludes halogenated alkanes) is 12. The van der Waals surface area contributed by atoms with Crippen molar-refractivity contribution in [2.24, 2.45) is 11.8 Å². The molecule has 0 aliphatic rings. The van der Waals surface area contributed by atoms with E-state index in [-0.39, 0.29) is 0 Å². The summed E-state index contributed by atoms with van der Waals surface area (Å²) < 4.78 is 0. The number of carbonyl (C=O) groups excluding carboxylic acids is 1. The van der Waals surface area contributed by atoms with E-state index in [2.05, 4.69) is 27.7 Å². The Bertz CT molecular complexity index is 268. The zero-order valence-electron chi connectivity index (χ0n) is 20.2. The Morgan fingerprint density at radius 2 is 0.679 bits per heavy atom. The lowest BCUT2D eigenvalue weighted by Crippen LogP contribution is -2.24. The van der Waals surface area contributed by atoms with E-state index < -0.39 is 0 Å². The molecule has 0 fully saturated rings. The zero-order chi connectivity index (χ0) is 20.9. The number of ketones is 1. The third kappa shape index (κ3) is 15.6. The van der Waals surface area contributed by atoms with E-state index in [1.165, 1.54) is 103 Å². The first-order valence-corrected chi connectivity index (χ1v) is 13.2. The van der Waals surface area contributed by atoms with Gasteiger partial charge < -0.3 is 0 Å². The average molecular weight is 395 g/mol. The second kappa shape index (κ2) is 21.4. The first-order chi connectivity index (χ1) is 13.7. The summed E-state index contributed by atoms with van der Waals surface area (Å²) in [6, 6.07) is 0. The van der Waals surface area contributed by atoms with Gasteiger partial charge in [0.15, 0.2) is 0 Å². The van der Waals surface area contributed by atoms with Gasteiger partial charge in [-0.15, -0.1) is 0 Å². The summed E-state index contributed by atoms with van der Waals surface area (Å²) >= 11 is 0. The van der Waals surface area contributed by atoms with Crippen molar-refractivity contribution in [2.75, 3.05) is 0 Å². The lowest BCUT2D eigenvalue weighted by molar-refractivity contribution is -0.128. The van der Waals surface area contributed by atoms with Crippen LogP contribution in [-0.4, -0.2) is 5.78 Å². The Morgan fingerprint density at radius 1 is 0.429 bits per heavy atom. The fourth-order valence-corrected chi connectivity index (χ4v) is 4.46. The highest BCUT2D eigenvalue weighted by Crippen LogP contribution is 2.28. The van der Waals surface area contributed by atoms with E-state index in [9.17, 15) is 4.79 Å². The van der Waals surface area contributed by atoms with Crippen molar-refractivity contribution in [3.63, 3.8) is 0 Å². The van der Waals surface area contributed by atoms with Crippen molar-refractivity contribution in [3.05, 3.63) is 0 Å². The van der Waals surface area contributed by atoms with Crippen LogP contribution in [0.15, 0.2) is 0 Å². The largest absolute Gasteiger partial charge is 0.299 e. The maximum Gasteiger partial charge on any atom is 0.139 e. The molecule has 28 heavy (non-hydrogen) atoms. The van der Waals surface area contributed by atoms with Crippen molar-refractivity contribution in [1.29, 1.82) is 0 Å². The maximum absolute atomic E-state index is 13.5. The van der Waals surface area contributed by atoms with Crippen molar-refractivity contribution < 1.29 is 4.79 Å². The monoisotopic (exact) mass is 394 g/mol. The van der Waals surface area contributed by atoms with Crippen LogP contribution in [0.4, 0.5) is 0 Å². The van der Waals surface area contributed by atoms with Gasteiger partial charge in [0, 0.05) is 11.8 Å². The first kappa shape index (κ1) is 27.7. The van der Waals surface area contributed by atoms with Gasteiger partial charge in [-0.1, -0.05) is 130 Å². The molecule has 0 spiro atoms. The molecule has 0 N–H and O–H groups in total. The highest BCUT2D eigenvalue weighted by atomic mass is 16.1. The minimum Gasteiger partial charge on any atom is -0.299 e. The molecule has 0 aromatic rings. The Kier molecular flexibility index (Phi) is 21.1. The predicted octanol–water partition coefficient (Wildman–Crippen LogP) is 9.67. The van der Waals surface area contributed by atoms with E-state index in [0.717, 1.165) is 25.7 Å². The predicted molar refractivity (Wildman–Crippen MR) is 127 cm³/mol. The minimum atomic E-state index is 0.357. The molecule has 0 aliphatic heterocycles. The van der Waals surface area contributed by atoms with Crippen LogP contribution < -0.4 is 0 Å². The van der Waals surface area contributed by atoms with Gasteiger partial charge in [0.05, 0.1) is 0 Å². The van der Waals surface area contributed by atoms with Gasteiger partial charge in [-0.2, -0.15) is 0 Å².